The van der Waals surface area contributed by atoms with Gasteiger partial charge in [0.15, 0.2) is 6.10 Å². The number of rotatable bonds is 5. The number of nitrogens with zero attached hydrogens (tertiary/aromatic N) is 2. The normalized spacial score (nSPS) is 11.5. The Morgan fingerprint density at radius 2 is 2.10 bits per heavy atom. The summed E-state index contributed by atoms with van der Waals surface area (Å²) in [5.41, 5.74) is 1.68. The Bertz CT molecular complexity index is 629. The lowest BCUT2D eigenvalue weighted by atomic mass is 10.2. The zero-order chi connectivity index (χ0) is 15.2. The van der Waals surface area contributed by atoms with Crippen molar-refractivity contribution in [2.45, 2.75) is 19.6 Å². The van der Waals surface area contributed by atoms with Gasteiger partial charge in [0.25, 0.3) is 5.91 Å². The third-order valence-corrected chi connectivity index (χ3v) is 3.75. The molecule has 0 spiro atoms. The molecule has 108 valence electrons. The summed E-state index contributed by atoms with van der Waals surface area (Å²) in [5.74, 6) is 0.504. The van der Waals surface area contributed by atoms with E-state index in [1.807, 2.05) is 22.9 Å². The van der Waals surface area contributed by atoms with Crippen LogP contribution in [0.2, 0.25) is 0 Å². The summed E-state index contributed by atoms with van der Waals surface area (Å²) < 4.78 is 5.62. The molecule has 0 unspecified atom stereocenters. The molecule has 1 amide bonds. The van der Waals surface area contributed by atoms with E-state index in [1.165, 1.54) is 0 Å². The predicted molar refractivity (Wildman–Crippen MR) is 82.0 cm³/mol. The minimum Gasteiger partial charge on any atom is -0.481 e. The third-order valence-electron chi connectivity index (χ3n) is 3.02. The van der Waals surface area contributed by atoms with Gasteiger partial charge in [-0.05, 0) is 53.6 Å². The number of carbonyl (C=O) groups excluding carboxylic acids is 1. The molecule has 0 aliphatic carbocycles. The van der Waals surface area contributed by atoms with Crippen molar-refractivity contribution in [2.75, 3.05) is 7.05 Å². The molecule has 0 bridgehead atoms. The first kappa shape index (κ1) is 15.1. The van der Waals surface area contributed by atoms with Gasteiger partial charge in [-0.15, -0.1) is 0 Å². The Morgan fingerprint density at radius 3 is 2.67 bits per heavy atom. The van der Waals surface area contributed by atoms with Crippen LogP contribution in [0.3, 0.4) is 0 Å². The van der Waals surface area contributed by atoms with Gasteiger partial charge >= 0.3 is 0 Å². The Balaban J connectivity index is 1.93. The topological polar surface area (TPSA) is 53.3 Å². The van der Waals surface area contributed by atoms with Crippen LogP contribution in [-0.4, -0.2) is 24.0 Å². The number of hydrogen-bond acceptors (Lipinski definition) is 4. The lowest BCUT2D eigenvalue weighted by Gasteiger charge is -2.21. The zero-order valence-electron chi connectivity index (χ0n) is 11.9. The van der Waals surface area contributed by atoms with E-state index in [9.17, 15) is 4.79 Å². The number of hydrogen-bond donors (Lipinski definition) is 0. The SMILES string of the molecule is C[C@H](Oc1ccc(C#N)cc1)C(=O)N(C)Cc1ccsc1. The third kappa shape index (κ3) is 4.07. The Hall–Kier alpha value is -2.32. The maximum atomic E-state index is 12.2. The van der Waals surface area contributed by atoms with Crippen molar-refractivity contribution < 1.29 is 9.53 Å². The van der Waals surface area contributed by atoms with Crippen molar-refractivity contribution in [2.24, 2.45) is 0 Å². The molecular weight excluding hydrogens is 284 g/mol. The number of ether oxygens (including phenoxy) is 1. The van der Waals surface area contributed by atoms with E-state index in [-0.39, 0.29) is 5.91 Å². The molecule has 1 atom stereocenters. The minimum absolute atomic E-state index is 0.0782. The molecular formula is C16H16N2O2S. The summed E-state index contributed by atoms with van der Waals surface area (Å²) in [7, 11) is 1.76. The highest BCUT2D eigenvalue weighted by atomic mass is 32.1. The summed E-state index contributed by atoms with van der Waals surface area (Å²) >= 11 is 1.61. The van der Waals surface area contributed by atoms with Gasteiger partial charge in [-0.25, -0.2) is 0 Å². The Labute approximate surface area is 128 Å². The van der Waals surface area contributed by atoms with E-state index < -0.39 is 6.10 Å². The molecule has 0 radical (unpaired) electrons. The fourth-order valence-electron chi connectivity index (χ4n) is 1.91. The molecule has 1 heterocycles. The first-order chi connectivity index (χ1) is 10.1. The molecule has 0 saturated heterocycles. The molecule has 5 heteroatoms. The van der Waals surface area contributed by atoms with Crippen LogP contribution in [0, 0.1) is 11.3 Å². The lowest BCUT2D eigenvalue weighted by Crippen LogP contribution is -2.37. The second-order valence-electron chi connectivity index (χ2n) is 4.72. The maximum Gasteiger partial charge on any atom is 0.263 e. The van der Waals surface area contributed by atoms with Gasteiger partial charge in [0, 0.05) is 13.6 Å². The summed E-state index contributed by atoms with van der Waals surface area (Å²) in [6.45, 7) is 2.30. The van der Waals surface area contributed by atoms with Crippen molar-refractivity contribution >= 4 is 17.2 Å². The molecule has 4 nitrogen and oxygen atoms in total. The van der Waals surface area contributed by atoms with Crippen LogP contribution in [-0.2, 0) is 11.3 Å². The Morgan fingerprint density at radius 1 is 1.38 bits per heavy atom. The van der Waals surface area contributed by atoms with Crippen LogP contribution in [0.25, 0.3) is 0 Å². The zero-order valence-corrected chi connectivity index (χ0v) is 12.8. The highest BCUT2D eigenvalue weighted by Gasteiger charge is 2.19. The van der Waals surface area contributed by atoms with Crippen molar-refractivity contribution in [3.8, 4) is 11.8 Å². The fraction of sp³-hybridized carbons (Fsp3) is 0.250. The molecule has 0 N–H and O–H groups in total. The Kier molecular flexibility index (Phi) is 4.96. The van der Waals surface area contributed by atoms with Crippen molar-refractivity contribution in [3.05, 3.63) is 52.2 Å². The predicted octanol–water partition coefficient (Wildman–Crippen LogP) is 3.05. The highest BCUT2D eigenvalue weighted by molar-refractivity contribution is 7.07. The summed E-state index contributed by atoms with van der Waals surface area (Å²) in [5, 5.41) is 12.8. The number of amides is 1. The van der Waals surface area contributed by atoms with E-state index in [2.05, 4.69) is 0 Å². The summed E-state index contributed by atoms with van der Waals surface area (Å²) in [4.78, 5) is 13.9. The van der Waals surface area contributed by atoms with Crippen LogP contribution in [0.15, 0.2) is 41.1 Å². The van der Waals surface area contributed by atoms with Crippen LogP contribution < -0.4 is 4.74 Å². The van der Waals surface area contributed by atoms with Crippen LogP contribution in [0.5, 0.6) is 5.75 Å². The molecule has 0 saturated carbocycles. The molecule has 1 aromatic heterocycles. The summed E-state index contributed by atoms with van der Waals surface area (Å²) in [6.07, 6.45) is -0.568. The van der Waals surface area contributed by atoms with Gasteiger partial charge in [-0.1, -0.05) is 0 Å². The smallest absolute Gasteiger partial charge is 0.263 e. The molecule has 21 heavy (non-hydrogen) atoms. The molecule has 0 aliphatic heterocycles. The molecule has 0 aliphatic rings. The molecule has 0 fully saturated rings. The van der Waals surface area contributed by atoms with Gasteiger partial charge in [0.2, 0.25) is 0 Å². The molecule has 2 aromatic rings. The average Bonchev–Trinajstić information content (AvgIpc) is 3.00. The van der Waals surface area contributed by atoms with Crippen molar-refractivity contribution in [3.63, 3.8) is 0 Å². The maximum absolute atomic E-state index is 12.2. The van der Waals surface area contributed by atoms with E-state index in [4.69, 9.17) is 10.00 Å². The number of thiophene rings is 1. The van der Waals surface area contributed by atoms with Crippen molar-refractivity contribution in [1.82, 2.24) is 4.90 Å². The first-order valence-corrected chi connectivity index (χ1v) is 7.47. The number of carbonyl (C=O) groups is 1. The van der Waals surface area contributed by atoms with Gasteiger partial charge in [0.05, 0.1) is 11.6 Å². The number of nitriles is 1. The van der Waals surface area contributed by atoms with E-state index in [0.29, 0.717) is 17.9 Å². The fourth-order valence-corrected chi connectivity index (χ4v) is 2.57. The van der Waals surface area contributed by atoms with Gasteiger partial charge in [0.1, 0.15) is 5.75 Å². The van der Waals surface area contributed by atoms with Crippen LogP contribution in [0.1, 0.15) is 18.1 Å². The van der Waals surface area contributed by atoms with Crippen LogP contribution >= 0.6 is 11.3 Å². The van der Waals surface area contributed by atoms with Crippen LogP contribution in [0.4, 0.5) is 0 Å². The van der Waals surface area contributed by atoms with E-state index in [1.54, 1.807) is 54.5 Å². The average molecular weight is 300 g/mol. The number of benzene rings is 1. The highest BCUT2D eigenvalue weighted by Crippen LogP contribution is 2.15. The standard InChI is InChI=1S/C16H16N2O2S/c1-12(20-15-5-3-13(9-17)4-6-15)16(19)18(2)10-14-7-8-21-11-14/h3-8,11-12H,10H2,1-2H3/t12-/m0/s1. The lowest BCUT2D eigenvalue weighted by molar-refractivity contribution is -0.137. The van der Waals surface area contributed by atoms with Gasteiger partial charge < -0.3 is 9.64 Å². The van der Waals surface area contributed by atoms with Crippen molar-refractivity contribution in [1.29, 1.82) is 5.26 Å². The summed E-state index contributed by atoms with van der Waals surface area (Å²) in [6, 6.07) is 10.8. The molecule has 2 rings (SSSR count). The number of likely N-dealkylation sites (N-methyl/N-ethyl adjacent to an activating group) is 1. The van der Waals surface area contributed by atoms with Gasteiger partial charge in [-0.2, -0.15) is 16.6 Å². The second kappa shape index (κ2) is 6.91. The van der Waals surface area contributed by atoms with E-state index in [0.717, 1.165) is 5.56 Å². The van der Waals surface area contributed by atoms with Gasteiger partial charge in [-0.3, -0.25) is 4.79 Å². The molecule has 1 aromatic carbocycles. The van der Waals surface area contributed by atoms with E-state index >= 15 is 0 Å². The second-order valence-corrected chi connectivity index (χ2v) is 5.50. The monoisotopic (exact) mass is 300 g/mol. The minimum atomic E-state index is -0.568. The quantitative estimate of drug-likeness (QED) is 0.853. The first-order valence-electron chi connectivity index (χ1n) is 6.53. The largest absolute Gasteiger partial charge is 0.481 e.